The summed E-state index contributed by atoms with van der Waals surface area (Å²) in [5.41, 5.74) is 1.53. The van der Waals surface area contributed by atoms with Crippen LogP contribution in [0.5, 0.6) is 0 Å². The maximum absolute atomic E-state index is 11.4. The van der Waals surface area contributed by atoms with Crippen molar-refractivity contribution in [3.05, 3.63) is 30.0 Å². The summed E-state index contributed by atoms with van der Waals surface area (Å²) in [4.78, 5) is 15.5. The Hall–Kier alpha value is -2.37. The van der Waals surface area contributed by atoms with Crippen LogP contribution in [0.1, 0.15) is 5.69 Å². The van der Waals surface area contributed by atoms with E-state index in [2.05, 4.69) is 19.9 Å². The number of H-pyrrole nitrogens is 1. The van der Waals surface area contributed by atoms with Gasteiger partial charge in [0.1, 0.15) is 6.61 Å². The number of hydrogen-bond acceptors (Lipinski definition) is 5. The predicted molar refractivity (Wildman–Crippen MR) is 64.4 cm³/mol. The fourth-order valence-corrected chi connectivity index (χ4v) is 1.89. The minimum Gasteiger partial charge on any atom is -0.473 e. The highest BCUT2D eigenvalue weighted by Crippen LogP contribution is 2.19. The van der Waals surface area contributed by atoms with Crippen molar-refractivity contribution in [3.63, 3.8) is 0 Å². The Bertz CT molecular complexity index is 632. The first-order valence-corrected chi connectivity index (χ1v) is 5.51. The standard InChI is InChI=1S/C12H11N3O3/c1-17-12(16)9-6-18-11(13-9)10-7-4-2-3-5-8(7)14-15-10/h2-5,9H,6H2,1H3,(H,14,15)/t9-/m1/s1. The molecule has 0 unspecified atom stereocenters. The molecule has 1 N–H and O–H groups in total. The molecule has 2 heterocycles. The van der Waals surface area contributed by atoms with Crippen molar-refractivity contribution in [2.24, 2.45) is 4.99 Å². The quantitative estimate of drug-likeness (QED) is 0.797. The summed E-state index contributed by atoms with van der Waals surface area (Å²) in [6.07, 6.45) is 0. The van der Waals surface area contributed by atoms with Gasteiger partial charge in [0.25, 0.3) is 0 Å². The van der Waals surface area contributed by atoms with E-state index in [1.165, 1.54) is 7.11 Å². The molecule has 0 aliphatic carbocycles. The number of nitrogens with one attached hydrogen (secondary N) is 1. The molecule has 3 rings (SSSR count). The number of methoxy groups -OCH3 is 1. The molecule has 0 fully saturated rings. The molecule has 1 aliphatic rings. The van der Waals surface area contributed by atoms with E-state index in [1.54, 1.807) is 0 Å². The average Bonchev–Trinajstić information content (AvgIpc) is 3.03. The molecule has 92 valence electrons. The zero-order valence-electron chi connectivity index (χ0n) is 9.71. The van der Waals surface area contributed by atoms with Crippen molar-refractivity contribution in [3.8, 4) is 0 Å². The number of fused-ring (bicyclic) bond motifs is 1. The number of carbonyl (C=O) groups is 1. The number of esters is 1. The number of hydrogen-bond donors (Lipinski definition) is 1. The highest BCUT2D eigenvalue weighted by Gasteiger charge is 2.29. The van der Waals surface area contributed by atoms with Crippen molar-refractivity contribution < 1.29 is 14.3 Å². The van der Waals surface area contributed by atoms with Gasteiger partial charge in [0.15, 0.2) is 11.7 Å². The van der Waals surface area contributed by atoms with Crippen LogP contribution in [0.3, 0.4) is 0 Å². The number of para-hydroxylation sites is 1. The zero-order chi connectivity index (χ0) is 12.5. The van der Waals surface area contributed by atoms with Crippen LogP contribution in [0.2, 0.25) is 0 Å². The number of ether oxygens (including phenoxy) is 2. The summed E-state index contributed by atoms with van der Waals surface area (Å²) in [6, 6.07) is 7.07. The number of aromatic amines is 1. The lowest BCUT2D eigenvalue weighted by Gasteiger charge is -2.00. The second kappa shape index (κ2) is 4.14. The minimum atomic E-state index is -0.597. The molecule has 1 aliphatic heterocycles. The molecule has 0 saturated heterocycles. The molecule has 0 radical (unpaired) electrons. The summed E-state index contributed by atoms with van der Waals surface area (Å²) in [6.45, 7) is 0.198. The third-order valence-corrected chi connectivity index (χ3v) is 2.80. The van der Waals surface area contributed by atoms with Gasteiger partial charge in [0.05, 0.1) is 12.6 Å². The van der Waals surface area contributed by atoms with Gasteiger partial charge in [0.2, 0.25) is 5.90 Å². The van der Waals surface area contributed by atoms with E-state index < -0.39 is 12.0 Å². The van der Waals surface area contributed by atoms with Crippen molar-refractivity contribution in [2.75, 3.05) is 13.7 Å². The Morgan fingerprint density at radius 2 is 2.33 bits per heavy atom. The number of nitrogens with zero attached hydrogens (tertiary/aromatic N) is 2. The number of benzene rings is 1. The normalized spacial score (nSPS) is 18.5. The van der Waals surface area contributed by atoms with Gasteiger partial charge in [-0.05, 0) is 6.07 Å². The number of carbonyl (C=O) groups excluding carboxylic acids is 1. The van der Waals surface area contributed by atoms with Gasteiger partial charge < -0.3 is 9.47 Å². The maximum atomic E-state index is 11.4. The van der Waals surface area contributed by atoms with E-state index in [0.29, 0.717) is 11.6 Å². The lowest BCUT2D eigenvalue weighted by atomic mass is 10.2. The molecule has 0 bridgehead atoms. The minimum absolute atomic E-state index is 0.198. The van der Waals surface area contributed by atoms with Gasteiger partial charge >= 0.3 is 5.97 Å². The number of aliphatic imine (C=N–C) groups is 1. The molecule has 6 heteroatoms. The van der Waals surface area contributed by atoms with E-state index >= 15 is 0 Å². The van der Waals surface area contributed by atoms with E-state index in [4.69, 9.17) is 4.74 Å². The molecule has 0 spiro atoms. The molecular weight excluding hydrogens is 234 g/mol. The van der Waals surface area contributed by atoms with Gasteiger partial charge in [-0.15, -0.1) is 0 Å². The van der Waals surface area contributed by atoms with Crippen LogP contribution < -0.4 is 0 Å². The second-order valence-corrected chi connectivity index (χ2v) is 3.90. The first-order chi connectivity index (χ1) is 8.79. The third-order valence-electron chi connectivity index (χ3n) is 2.80. The first-order valence-electron chi connectivity index (χ1n) is 5.51. The summed E-state index contributed by atoms with van der Waals surface area (Å²) in [5.74, 6) is -0.0207. The molecule has 18 heavy (non-hydrogen) atoms. The topological polar surface area (TPSA) is 76.6 Å². The van der Waals surface area contributed by atoms with Gasteiger partial charge in [-0.2, -0.15) is 5.10 Å². The van der Waals surface area contributed by atoms with Crippen LogP contribution in [0.4, 0.5) is 0 Å². The lowest BCUT2D eigenvalue weighted by molar-refractivity contribution is -0.142. The Labute approximate surface area is 103 Å². The highest BCUT2D eigenvalue weighted by molar-refractivity contribution is 6.06. The van der Waals surface area contributed by atoms with Crippen LogP contribution in [0.25, 0.3) is 10.9 Å². The summed E-state index contributed by atoms with van der Waals surface area (Å²) in [5, 5.41) is 7.98. The van der Waals surface area contributed by atoms with Crippen LogP contribution >= 0.6 is 0 Å². The molecule has 1 atom stereocenters. The Kier molecular flexibility index (Phi) is 2.47. The highest BCUT2D eigenvalue weighted by atomic mass is 16.5. The van der Waals surface area contributed by atoms with Gasteiger partial charge in [-0.3, -0.25) is 5.10 Å². The lowest BCUT2D eigenvalue weighted by Crippen LogP contribution is -2.21. The molecule has 1 aromatic carbocycles. The largest absolute Gasteiger partial charge is 0.473 e. The van der Waals surface area contributed by atoms with Crippen molar-refractivity contribution in [1.29, 1.82) is 0 Å². The van der Waals surface area contributed by atoms with Crippen molar-refractivity contribution in [2.45, 2.75) is 6.04 Å². The predicted octanol–water partition coefficient (Wildman–Crippen LogP) is 0.881. The van der Waals surface area contributed by atoms with E-state index in [-0.39, 0.29) is 6.61 Å². The smallest absolute Gasteiger partial charge is 0.334 e. The van der Waals surface area contributed by atoms with Crippen molar-refractivity contribution in [1.82, 2.24) is 10.2 Å². The Morgan fingerprint density at radius 1 is 1.50 bits per heavy atom. The SMILES string of the molecule is COC(=O)[C@H]1COC(c2n[nH]c3ccccc23)=N1. The van der Waals surface area contributed by atoms with Crippen molar-refractivity contribution >= 4 is 22.8 Å². The van der Waals surface area contributed by atoms with Crippen LogP contribution in [-0.4, -0.2) is 41.8 Å². The van der Waals surface area contributed by atoms with Crippen LogP contribution in [0.15, 0.2) is 29.3 Å². The summed E-state index contributed by atoms with van der Waals surface area (Å²) in [7, 11) is 1.33. The Balaban J connectivity index is 1.99. The summed E-state index contributed by atoms with van der Waals surface area (Å²) >= 11 is 0. The zero-order valence-corrected chi connectivity index (χ0v) is 9.71. The molecule has 2 aromatic rings. The molecule has 6 nitrogen and oxygen atoms in total. The van der Waals surface area contributed by atoms with E-state index in [9.17, 15) is 4.79 Å². The fourth-order valence-electron chi connectivity index (χ4n) is 1.89. The second-order valence-electron chi connectivity index (χ2n) is 3.90. The first kappa shape index (κ1) is 10.8. The summed E-state index contributed by atoms with van der Waals surface area (Å²) < 4.78 is 10.0. The van der Waals surface area contributed by atoms with Crippen LogP contribution in [-0.2, 0) is 14.3 Å². The van der Waals surface area contributed by atoms with Crippen LogP contribution in [0, 0.1) is 0 Å². The average molecular weight is 245 g/mol. The monoisotopic (exact) mass is 245 g/mol. The fraction of sp³-hybridized carbons (Fsp3) is 0.250. The Morgan fingerprint density at radius 3 is 3.17 bits per heavy atom. The number of aromatic nitrogens is 2. The molecular formula is C12H11N3O3. The van der Waals surface area contributed by atoms with Gasteiger partial charge in [0, 0.05) is 5.39 Å². The third kappa shape index (κ3) is 1.62. The number of rotatable bonds is 2. The van der Waals surface area contributed by atoms with E-state index in [1.807, 2.05) is 24.3 Å². The van der Waals surface area contributed by atoms with Gasteiger partial charge in [-0.25, -0.2) is 9.79 Å². The maximum Gasteiger partial charge on any atom is 0.334 e. The molecule has 0 saturated carbocycles. The molecule has 1 aromatic heterocycles. The molecule has 0 amide bonds. The van der Waals surface area contributed by atoms with E-state index in [0.717, 1.165) is 10.9 Å². The van der Waals surface area contributed by atoms with Gasteiger partial charge in [-0.1, -0.05) is 18.2 Å².